The van der Waals surface area contributed by atoms with Gasteiger partial charge in [-0.15, -0.1) is 0 Å². The van der Waals surface area contributed by atoms with Crippen molar-refractivity contribution in [3.8, 4) is 11.4 Å². The highest BCUT2D eigenvalue weighted by atomic mass is 19.1. The number of hydrogen-bond acceptors (Lipinski definition) is 2. The number of aromatic nitrogens is 1. The maximum Gasteiger partial charge on any atom is 0.123 e. The molecular weight excluding hydrogens is 327 g/mol. The minimum Gasteiger partial charge on any atom is -0.494 e. The maximum atomic E-state index is 13.5. The Morgan fingerprint density at radius 2 is 1.77 bits per heavy atom. The zero-order chi connectivity index (χ0) is 17.9. The van der Waals surface area contributed by atoms with Gasteiger partial charge >= 0.3 is 0 Å². The van der Waals surface area contributed by atoms with Gasteiger partial charge in [0.1, 0.15) is 11.6 Å². The quantitative estimate of drug-likeness (QED) is 0.585. The van der Waals surface area contributed by atoms with Gasteiger partial charge in [0, 0.05) is 23.3 Å². The van der Waals surface area contributed by atoms with Crippen molar-refractivity contribution in [3.05, 3.63) is 60.0 Å². The monoisotopic (exact) mass is 352 g/mol. The van der Waals surface area contributed by atoms with Crippen LogP contribution in [0.15, 0.2) is 48.5 Å². The first kappa shape index (κ1) is 17.1. The predicted molar refractivity (Wildman–Crippen MR) is 104 cm³/mol. The summed E-state index contributed by atoms with van der Waals surface area (Å²) >= 11 is 0. The highest BCUT2D eigenvalue weighted by molar-refractivity contribution is 5.83. The van der Waals surface area contributed by atoms with Crippen LogP contribution < -0.4 is 4.74 Å². The van der Waals surface area contributed by atoms with Crippen LogP contribution in [0.2, 0.25) is 0 Å². The Morgan fingerprint density at radius 3 is 2.54 bits per heavy atom. The van der Waals surface area contributed by atoms with Crippen molar-refractivity contribution < 1.29 is 9.13 Å². The van der Waals surface area contributed by atoms with Crippen LogP contribution in [-0.2, 0) is 0 Å². The third-order valence-electron chi connectivity index (χ3n) is 5.13. The minimum atomic E-state index is -0.202. The summed E-state index contributed by atoms with van der Waals surface area (Å²) in [4.78, 5) is 2.51. The summed E-state index contributed by atoms with van der Waals surface area (Å²) in [5, 5.41) is 0.921. The van der Waals surface area contributed by atoms with Gasteiger partial charge in [0.15, 0.2) is 0 Å². The lowest BCUT2D eigenvalue weighted by molar-refractivity contribution is 0.263. The maximum absolute atomic E-state index is 13.5. The van der Waals surface area contributed by atoms with Gasteiger partial charge in [-0.3, -0.25) is 0 Å². The van der Waals surface area contributed by atoms with Crippen LogP contribution in [0.1, 0.15) is 25.0 Å². The van der Waals surface area contributed by atoms with Gasteiger partial charge < -0.3 is 14.2 Å². The van der Waals surface area contributed by atoms with Gasteiger partial charge in [0.25, 0.3) is 0 Å². The number of likely N-dealkylation sites (tertiary alicyclic amines) is 1. The fourth-order valence-electron chi connectivity index (χ4n) is 3.84. The summed E-state index contributed by atoms with van der Waals surface area (Å²) in [5.41, 5.74) is 3.17. The number of ether oxygens (including phenoxy) is 1. The Kier molecular flexibility index (Phi) is 4.93. The molecule has 0 saturated carbocycles. The summed E-state index contributed by atoms with van der Waals surface area (Å²) < 4.78 is 21.5. The molecule has 0 aliphatic carbocycles. The van der Waals surface area contributed by atoms with Gasteiger partial charge in [-0.2, -0.15) is 0 Å². The molecule has 1 saturated heterocycles. The molecule has 26 heavy (non-hydrogen) atoms. The van der Waals surface area contributed by atoms with Crippen LogP contribution in [0.5, 0.6) is 5.75 Å². The van der Waals surface area contributed by atoms with E-state index in [4.69, 9.17) is 4.74 Å². The summed E-state index contributed by atoms with van der Waals surface area (Å²) in [6.07, 6.45) is 3.74. The fraction of sp³-hybridized carbons (Fsp3) is 0.364. The van der Waals surface area contributed by atoms with Crippen LogP contribution in [0.4, 0.5) is 4.39 Å². The minimum absolute atomic E-state index is 0.202. The molecule has 0 atom stereocenters. The molecular formula is C22H25FN2O. The van der Waals surface area contributed by atoms with E-state index >= 15 is 0 Å². The predicted octanol–water partition coefficient (Wildman–Crippen LogP) is 4.94. The second kappa shape index (κ2) is 7.50. The molecule has 136 valence electrons. The lowest BCUT2D eigenvalue weighted by Crippen LogP contribution is -2.21. The fourth-order valence-corrected chi connectivity index (χ4v) is 3.84. The van der Waals surface area contributed by atoms with E-state index in [1.165, 1.54) is 32.0 Å². The summed E-state index contributed by atoms with van der Waals surface area (Å²) in [7, 11) is 0. The Bertz CT molecular complexity index is 879. The lowest BCUT2D eigenvalue weighted by Gasteiger charge is -2.14. The van der Waals surface area contributed by atoms with Crippen molar-refractivity contribution in [1.82, 2.24) is 9.47 Å². The number of fused-ring (bicyclic) bond motifs is 1. The van der Waals surface area contributed by atoms with Gasteiger partial charge in [0.05, 0.1) is 12.1 Å². The first-order valence-electron chi connectivity index (χ1n) is 9.44. The number of halogens is 1. The molecule has 2 heterocycles. The van der Waals surface area contributed by atoms with Crippen molar-refractivity contribution in [2.24, 2.45) is 0 Å². The van der Waals surface area contributed by atoms with Gasteiger partial charge in [-0.05, 0) is 87.8 Å². The van der Waals surface area contributed by atoms with E-state index in [9.17, 15) is 4.39 Å². The van der Waals surface area contributed by atoms with Crippen LogP contribution in [-0.4, -0.2) is 35.7 Å². The first-order chi connectivity index (χ1) is 12.7. The van der Waals surface area contributed by atoms with Crippen LogP contribution in [0, 0.1) is 12.7 Å². The first-order valence-corrected chi connectivity index (χ1v) is 9.44. The van der Waals surface area contributed by atoms with E-state index in [1.54, 1.807) is 6.07 Å². The summed E-state index contributed by atoms with van der Waals surface area (Å²) in [6, 6.07) is 15.1. The third-order valence-corrected chi connectivity index (χ3v) is 5.13. The standard InChI is InChI=1S/C22H25FN2O/c1-17-15-18-16-19(23)5-10-22(18)25(17)20-6-8-21(9-7-20)26-14-4-13-24-11-2-3-12-24/h5-10,15-16H,2-4,11-14H2,1H3. The van der Waals surface area contributed by atoms with E-state index in [1.807, 2.05) is 31.2 Å². The molecule has 1 aromatic heterocycles. The molecule has 1 aliphatic rings. The number of benzene rings is 2. The van der Waals surface area contributed by atoms with Gasteiger partial charge in [0.2, 0.25) is 0 Å². The number of aryl methyl sites for hydroxylation is 1. The molecule has 0 amide bonds. The molecule has 0 bridgehead atoms. The van der Waals surface area contributed by atoms with Gasteiger partial charge in [-0.25, -0.2) is 4.39 Å². The molecule has 0 radical (unpaired) electrons. The topological polar surface area (TPSA) is 17.4 Å². The number of nitrogens with zero attached hydrogens (tertiary/aromatic N) is 2. The molecule has 3 nitrogen and oxygen atoms in total. The zero-order valence-corrected chi connectivity index (χ0v) is 15.2. The Hall–Kier alpha value is -2.33. The molecule has 1 aliphatic heterocycles. The van der Waals surface area contributed by atoms with Crippen molar-refractivity contribution in [2.45, 2.75) is 26.2 Å². The van der Waals surface area contributed by atoms with E-state index in [0.29, 0.717) is 0 Å². The number of rotatable bonds is 6. The molecule has 0 N–H and O–H groups in total. The normalized spacial score (nSPS) is 15.0. The Balaban J connectivity index is 1.42. The molecule has 4 heteroatoms. The molecule has 4 rings (SSSR count). The second-order valence-electron chi connectivity index (χ2n) is 7.07. The molecule has 0 spiro atoms. The van der Waals surface area contributed by atoms with E-state index in [0.717, 1.165) is 47.6 Å². The second-order valence-corrected chi connectivity index (χ2v) is 7.07. The molecule has 1 fully saturated rings. The lowest BCUT2D eigenvalue weighted by atomic mass is 10.2. The highest BCUT2D eigenvalue weighted by Crippen LogP contribution is 2.26. The highest BCUT2D eigenvalue weighted by Gasteiger charge is 2.11. The third kappa shape index (κ3) is 3.61. The van der Waals surface area contributed by atoms with E-state index in [2.05, 4.69) is 21.6 Å². The smallest absolute Gasteiger partial charge is 0.123 e. The van der Waals surface area contributed by atoms with E-state index < -0.39 is 0 Å². The van der Waals surface area contributed by atoms with Crippen LogP contribution >= 0.6 is 0 Å². The molecule has 2 aromatic carbocycles. The SMILES string of the molecule is Cc1cc2cc(F)ccc2n1-c1ccc(OCCCN2CCCC2)cc1. The summed E-state index contributed by atoms with van der Waals surface area (Å²) in [5.74, 6) is 0.697. The largest absolute Gasteiger partial charge is 0.494 e. The number of hydrogen-bond donors (Lipinski definition) is 0. The van der Waals surface area contributed by atoms with Crippen LogP contribution in [0.3, 0.4) is 0 Å². The van der Waals surface area contributed by atoms with Crippen molar-refractivity contribution in [1.29, 1.82) is 0 Å². The van der Waals surface area contributed by atoms with Crippen molar-refractivity contribution >= 4 is 10.9 Å². The van der Waals surface area contributed by atoms with Gasteiger partial charge in [-0.1, -0.05) is 0 Å². The van der Waals surface area contributed by atoms with Crippen LogP contribution in [0.25, 0.3) is 16.6 Å². The summed E-state index contributed by atoms with van der Waals surface area (Å²) in [6.45, 7) is 6.40. The Morgan fingerprint density at radius 1 is 1.00 bits per heavy atom. The van der Waals surface area contributed by atoms with E-state index in [-0.39, 0.29) is 5.82 Å². The molecule has 3 aromatic rings. The average Bonchev–Trinajstić information content (AvgIpc) is 3.26. The van der Waals surface area contributed by atoms with Crippen molar-refractivity contribution in [3.63, 3.8) is 0 Å². The zero-order valence-electron chi connectivity index (χ0n) is 15.2. The Labute approximate surface area is 154 Å². The molecule has 0 unspecified atom stereocenters. The van der Waals surface area contributed by atoms with Crippen molar-refractivity contribution in [2.75, 3.05) is 26.2 Å². The average molecular weight is 352 g/mol.